The van der Waals surface area contributed by atoms with Gasteiger partial charge in [-0.3, -0.25) is 14.9 Å². The maximum absolute atomic E-state index is 11.8. The highest BCUT2D eigenvalue weighted by molar-refractivity contribution is 5.76. The van der Waals surface area contributed by atoms with Crippen LogP contribution in [0.4, 0.5) is 17.3 Å². The van der Waals surface area contributed by atoms with E-state index >= 15 is 0 Å². The van der Waals surface area contributed by atoms with Gasteiger partial charge in [0.25, 0.3) is 5.69 Å². The zero-order valence-corrected chi connectivity index (χ0v) is 23.1. The number of nitrogens with zero attached hydrogens (tertiary/aromatic N) is 5. The molecule has 3 aromatic rings. The number of aromatic nitrogens is 3. The molecule has 206 valence electrons. The van der Waals surface area contributed by atoms with Gasteiger partial charge < -0.3 is 14.8 Å². The molecule has 0 radical (unpaired) electrons. The fraction of sp³-hybridized carbons (Fsp3) is 0.429. The SMILES string of the molecule is CC(C)(C)OC(=O)CCCCOc1ccc(Nc2c(C#N)c(-c3ccc([N+](=O)[O-])cc3)nn2C(C)(C)C)nc1. The van der Waals surface area contributed by atoms with Gasteiger partial charge in [0.1, 0.15) is 40.3 Å². The minimum Gasteiger partial charge on any atom is -0.492 e. The Balaban J connectivity index is 1.70. The van der Waals surface area contributed by atoms with E-state index in [-0.39, 0.29) is 11.7 Å². The zero-order valence-electron chi connectivity index (χ0n) is 23.1. The normalized spacial score (nSPS) is 11.5. The second kappa shape index (κ2) is 11.9. The van der Waals surface area contributed by atoms with Crippen molar-refractivity contribution in [3.05, 3.63) is 58.3 Å². The minimum atomic E-state index is -0.486. The van der Waals surface area contributed by atoms with Gasteiger partial charge in [0.2, 0.25) is 0 Å². The van der Waals surface area contributed by atoms with Crippen molar-refractivity contribution in [2.45, 2.75) is 71.9 Å². The molecule has 0 saturated heterocycles. The highest BCUT2D eigenvalue weighted by atomic mass is 16.6. The number of nitro benzene ring substituents is 1. The number of carbonyl (C=O) groups is 1. The number of pyridine rings is 1. The summed E-state index contributed by atoms with van der Waals surface area (Å²) in [4.78, 5) is 26.8. The number of hydrogen-bond donors (Lipinski definition) is 1. The van der Waals surface area contributed by atoms with Gasteiger partial charge in [-0.25, -0.2) is 9.67 Å². The van der Waals surface area contributed by atoms with Crippen molar-refractivity contribution >= 4 is 23.3 Å². The number of carbonyl (C=O) groups excluding carboxylic acids is 1. The van der Waals surface area contributed by atoms with E-state index in [1.807, 2.05) is 41.5 Å². The molecule has 11 heteroatoms. The van der Waals surface area contributed by atoms with Crippen LogP contribution in [-0.4, -0.2) is 37.9 Å². The third-order valence-corrected chi connectivity index (χ3v) is 5.43. The van der Waals surface area contributed by atoms with Gasteiger partial charge in [0.05, 0.1) is 23.3 Å². The molecule has 0 aliphatic heterocycles. The Kier molecular flexibility index (Phi) is 8.91. The number of non-ortho nitro benzene ring substituents is 1. The first kappa shape index (κ1) is 29.1. The number of hydrogen-bond acceptors (Lipinski definition) is 9. The second-order valence-corrected chi connectivity index (χ2v) is 11.0. The van der Waals surface area contributed by atoms with E-state index in [9.17, 15) is 20.2 Å². The van der Waals surface area contributed by atoms with E-state index in [2.05, 4.69) is 21.5 Å². The third kappa shape index (κ3) is 8.01. The van der Waals surface area contributed by atoms with E-state index in [1.165, 1.54) is 12.1 Å². The summed E-state index contributed by atoms with van der Waals surface area (Å²) in [5, 5.41) is 28.9. The number of anilines is 2. The van der Waals surface area contributed by atoms with Crippen LogP contribution >= 0.6 is 0 Å². The predicted molar refractivity (Wildman–Crippen MR) is 147 cm³/mol. The molecule has 0 spiro atoms. The summed E-state index contributed by atoms with van der Waals surface area (Å²) in [6.45, 7) is 11.8. The van der Waals surface area contributed by atoms with Gasteiger partial charge in [0.15, 0.2) is 0 Å². The molecule has 2 heterocycles. The summed E-state index contributed by atoms with van der Waals surface area (Å²) in [7, 11) is 0. The first-order valence-electron chi connectivity index (χ1n) is 12.6. The van der Waals surface area contributed by atoms with E-state index in [1.54, 1.807) is 35.1 Å². The monoisotopic (exact) mass is 534 g/mol. The summed E-state index contributed by atoms with van der Waals surface area (Å²) < 4.78 is 12.8. The maximum atomic E-state index is 11.8. The van der Waals surface area contributed by atoms with Crippen LogP contribution in [0.25, 0.3) is 11.3 Å². The van der Waals surface area contributed by atoms with Crippen molar-refractivity contribution in [2.24, 2.45) is 0 Å². The number of nitrogens with one attached hydrogen (secondary N) is 1. The molecule has 39 heavy (non-hydrogen) atoms. The molecule has 0 unspecified atom stereocenters. The third-order valence-electron chi connectivity index (χ3n) is 5.43. The molecular weight excluding hydrogens is 500 g/mol. The standard InChI is InChI=1S/C28H34N6O5/c1-27(2,3)33-26(22(17-29)25(32-33)19-10-12-20(13-11-19)34(36)37)31-23-15-14-21(18-30-23)38-16-8-7-9-24(35)39-28(4,5)6/h10-15,18H,7-9,16H2,1-6H3,(H,30,31). The Bertz CT molecular complexity index is 1340. The maximum Gasteiger partial charge on any atom is 0.306 e. The van der Waals surface area contributed by atoms with Crippen molar-refractivity contribution in [1.29, 1.82) is 5.26 Å². The lowest BCUT2D eigenvalue weighted by molar-refractivity contribution is -0.384. The van der Waals surface area contributed by atoms with E-state index in [0.717, 1.165) is 0 Å². The van der Waals surface area contributed by atoms with Crippen molar-refractivity contribution in [3.63, 3.8) is 0 Å². The van der Waals surface area contributed by atoms with E-state index in [0.29, 0.717) is 60.1 Å². The van der Waals surface area contributed by atoms with Crippen LogP contribution in [0.5, 0.6) is 5.75 Å². The highest BCUT2D eigenvalue weighted by Gasteiger charge is 2.26. The van der Waals surface area contributed by atoms with Gasteiger partial charge in [-0.1, -0.05) is 0 Å². The molecule has 0 bridgehead atoms. The van der Waals surface area contributed by atoms with Crippen LogP contribution in [0, 0.1) is 21.4 Å². The van der Waals surface area contributed by atoms with E-state index < -0.39 is 16.1 Å². The summed E-state index contributed by atoms with van der Waals surface area (Å²) >= 11 is 0. The zero-order chi connectivity index (χ0) is 28.8. The quantitative estimate of drug-likeness (QED) is 0.141. The summed E-state index contributed by atoms with van der Waals surface area (Å²) in [6, 6.07) is 11.7. The van der Waals surface area contributed by atoms with Gasteiger partial charge >= 0.3 is 5.97 Å². The van der Waals surface area contributed by atoms with E-state index in [4.69, 9.17) is 9.47 Å². The number of nitriles is 1. The summed E-state index contributed by atoms with van der Waals surface area (Å²) in [5.41, 5.74) is 0.295. The molecule has 2 aromatic heterocycles. The van der Waals surface area contributed by atoms with Crippen molar-refractivity contribution in [1.82, 2.24) is 14.8 Å². The molecule has 0 aliphatic carbocycles. The van der Waals surface area contributed by atoms with Crippen molar-refractivity contribution in [3.8, 4) is 23.1 Å². The Morgan fingerprint density at radius 2 is 1.79 bits per heavy atom. The highest BCUT2D eigenvalue weighted by Crippen LogP contribution is 2.34. The topological polar surface area (TPSA) is 145 Å². The van der Waals surface area contributed by atoms with Crippen LogP contribution in [-0.2, 0) is 15.1 Å². The first-order chi connectivity index (χ1) is 18.3. The molecule has 1 aromatic carbocycles. The molecule has 0 atom stereocenters. The molecule has 0 saturated carbocycles. The average Bonchev–Trinajstić information content (AvgIpc) is 3.22. The Labute approximate surface area is 227 Å². The largest absolute Gasteiger partial charge is 0.492 e. The lowest BCUT2D eigenvalue weighted by Crippen LogP contribution is -2.24. The number of esters is 1. The molecule has 0 fully saturated rings. The van der Waals surface area contributed by atoms with Gasteiger partial charge in [-0.05, 0) is 78.6 Å². The molecule has 0 aliphatic rings. The number of rotatable bonds is 10. The van der Waals surface area contributed by atoms with Crippen LogP contribution in [0.3, 0.4) is 0 Å². The number of nitro groups is 1. The average molecular weight is 535 g/mol. The molecule has 11 nitrogen and oxygen atoms in total. The minimum absolute atomic E-state index is 0.0413. The number of benzene rings is 1. The van der Waals surface area contributed by atoms with Crippen molar-refractivity contribution < 1.29 is 19.2 Å². The molecule has 0 amide bonds. The lowest BCUT2D eigenvalue weighted by Gasteiger charge is -2.22. The first-order valence-corrected chi connectivity index (χ1v) is 12.6. The van der Waals surface area contributed by atoms with Crippen LogP contribution in [0.15, 0.2) is 42.6 Å². The fourth-order valence-electron chi connectivity index (χ4n) is 3.68. The number of ether oxygens (including phenoxy) is 2. The summed E-state index contributed by atoms with van der Waals surface area (Å²) in [5.74, 6) is 1.31. The van der Waals surface area contributed by atoms with Crippen LogP contribution < -0.4 is 10.1 Å². The Morgan fingerprint density at radius 1 is 1.10 bits per heavy atom. The van der Waals surface area contributed by atoms with Gasteiger partial charge in [0, 0.05) is 24.1 Å². The summed E-state index contributed by atoms with van der Waals surface area (Å²) in [6.07, 6.45) is 3.28. The molecule has 1 N–H and O–H groups in total. The fourth-order valence-corrected chi connectivity index (χ4v) is 3.68. The predicted octanol–water partition coefficient (Wildman–Crippen LogP) is 6.11. The lowest BCUT2D eigenvalue weighted by atomic mass is 10.1. The Hall–Kier alpha value is -4.46. The van der Waals surface area contributed by atoms with Gasteiger partial charge in [-0.2, -0.15) is 10.4 Å². The Morgan fingerprint density at radius 3 is 2.33 bits per heavy atom. The van der Waals surface area contributed by atoms with Crippen LogP contribution in [0.2, 0.25) is 0 Å². The van der Waals surface area contributed by atoms with Crippen molar-refractivity contribution in [2.75, 3.05) is 11.9 Å². The molecular formula is C28H34N6O5. The van der Waals surface area contributed by atoms with Crippen LogP contribution in [0.1, 0.15) is 66.4 Å². The number of unbranched alkanes of at least 4 members (excludes halogenated alkanes) is 1. The van der Waals surface area contributed by atoms with Gasteiger partial charge in [-0.15, -0.1) is 0 Å². The molecule has 3 rings (SSSR count). The smallest absolute Gasteiger partial charge is 0.306 e. The second-order valence-electron chi connectivity index (χ2n) is 11.0.